The molecule has 0 spiro atoms. The molecule has 2 aromatic rings. The number of rotatable bonds is 9. The Hall–Kier alpha value is -3.75. The molecular formula is C23H27N3O6. The number of urea groups is 1. The predicted molar refractivity (Wildman–Crippen MR) is 118 cm³/mol. The molecule has 3 rings (SSSR count). The summed E-state index contributed by atoms with van der Waals surface area (Å²) in [5.41, 5.74) is 1.12. The third-order valence-electron chi connectivity index (χ3n) is 5.18. The highest BCUT2D eigenvalue weighted by Gasteiger charge is 2.46. The second-order valence-corrected chi connectivity index (χ2v) is 7.15. The van der Waals surface area contributed by atoms with E-state index >= 15 is 0 Å². The van der Waals surface area contributed by atoms with E-state index in [4.69, 9.17) is 14.2 Å². The number of nitrogens with one attached hydrogen (secondary N) is 1. The maximum absolute atomic E-state index is 13.4. The quantitative estimate of drug-likeness (QED) is 0.601. The molecule has 1 N–H and O–H groups in total. The SMILES string of the molecule is CCNC(=O)C[C@H]1C(=O)N(c2cccc(OC)c2)C(=O)N1Cc1ccc(OC)c(OC)c1. The lowest BCUT2D eigenvalue weighted by atomic mass is 10.1. The topological polar surface area (TPSA) is 97.4 Å². The van der Waals surface area contributed by atoms with Gasteiger partial charge in [-0.2, -0.15) is 0 Å². The molecule has 4 amide bonds. The first-order chi connectivity index (χ1) is 15.4. The lowest BCUT2D eigenvalue weighted by molar-refractivity contribution is -0.127. The Kier molecular flexibility index (Phi) is 7.19. The van der Waals surface area contributed by atoms with Crippen molar-refractivity contribution in [3.63, 3.8) is 0 Å². The van der Waals surface area contributed by atoms with E-state index in [-0.39, 0.29) is 18.9 Å². The number of carbonyl (C=O) groups excluding carboxylic acids is 3. The fourth-order valence-electron chi connectivity index (χ4n) is 3.62. The van der Waals surface area contributed by atoms with Crippen molar-refractivity contribution < 1.29 is 28.6 Å². The Morgan fingerprint density at radius 2 is 1.75 bits per heavy atom. The summed E-state index contributed by atoms with van der Waals surface area (Å²) in [7, 11) is 4.57. The van der Waals surface area contributed by atoms with Crippen LogP contribution in [0.4, 0.5) is 10.5 Å². The third kappa shape index (κ3) is 4.61. The highest BCUT2D eigenvalue weighted by molar-refractivity contribution is 6.22. The molecule has 1 atom stereocenters. The Balaban J connectivity index is 1.95. The molecule has 170 valence electrons. The van der Waals surface area contributed by atoms with Gasteiger partial charge in [0.25, 0.3) is 5.91 Å². The molecule has 0 radical (unpaired) electrons. The zero-order valence-corrected chi connectivity index (χ0v) is 18.6. The first-order valence-electron chi connectivity index (χ1n) is 10.2. The number of benzene rings is 2. The van der Waals surface area contributed by atoms with Crippen molar-refractivity contribution >= 4 is 23.5 Å². The van der Waals surface area contributed by atoms with Gasteiger partial charge < -0.3 is 24.4 Å². The zero-order chi connectivity index (χ0) is 23.3. The van der Waals surface area contributed by atoms with Crippen LogP contribution in [0, 0.1) is 0 Å². The van der Waals surface area contributed by atoms with Crippen molar-refractivity contribution in [1.29, 1.82) is 0 Å². The van der Waals surface area contributed by atoms with Gasteiger partial charge in [-0.05, 0) is 36.8 Å². The summed E-state index contributed by atoms with van der Waals surface area (Å²) in [6, 6.07) is 10.5. The van der Waals surface area contributed by atoms with E-state index in [1.807, 2.05) is 0 Å². The van der Waals surface area contributed by atoms with E-state index < -0.39 is 18.0 Å². The molecule has 0 bridgehead atoms. The van der Waals surface area contributed by atoms with Gasteiger partial charge in [-0.3, -0.25) is 9.59 Å². The van der Waals surface area contributed by atoms with Crippen LogP contribution >= 0.6 is 0 Å². The van der Waals surface area contributed by atoms with Crippen LogP contribution in [-0.4, -0.2) is 56.7 Å². The summed E-state index contributed by atoms with van der Waals surface area (Å²) in [6.45, 7) is 2.35. The first-order valence-corrected chi connectivity index (χ1v) is 10.2. The lowest BCUT2D eigenvalue weighted by Gasteiger charge is -2.22. The van der Waals surface area contributed by atoms with Crippen LogP contribution in [0.3, 0.4) is 0 Å². The normalized spacial score (nSPS) is 15.7. The number of nitrogens with zero attached hydrogens (tertiary/aromatic N) is 2. The molecule has 1 aliphatic heterocycles. The van der Waals surface area contributed by atoms with Crippen molar-refractivity contribution in [2.24, 2.45) is 0 Å². The second kappa shape index (κ2) is 10.0. The zero-order valence-electron chi connectivity index (χ0n) is 18.6. The molecule has 9 heteroatoms. The summed E-state index contributed by atoms with van der Waals surface area (Å²) in [6.07, 6.45) is -0.133. The van der Waals surface area contributed by atoms with Crippen molar-refractivity contribution in [3.8, 4) is 17.2 Å². The smallest absolute Gasteiger partial charge is 0.332 e. The summed E-state index contributed by atoms with van der Waals surface area (Å²) >= 11 is 0. The van der Waals surface area contributed by atoms with Crippen molar-refractivity contribution in [3.05, 3.63) is 48.0 Å². The Labute approximate surface area is 186 Å². The van der Waals surface area contributed by atoms with Gasteiger partial charge in [0.15, 0.2) is 11.5 Å². The molecule has 2 aromatic carbocycles. The summed E-state index contributed by atoms with van der Waals surface area (Å²) < 4.78 is 15.8. The van der Waals surface area contributed by atoms with Gasteiger partial charge in [-0.25, -0.2) is 9.69 Å². The minimum atomic E-state index is -0.937. The Bertz CT molecular complexity index is 1010. The fourth-order valence-corrected chi connectivity index (χ4v) is 3.62. The van der Waals surface area contributed by atoms with Crippen molar-refractivity contribution in [1.82, 2.24) is 10.2 Å². The molecule has 9 nitrogen and oxygen atoms in total. The molecular weight excluding hydrogens is 414 g/mol. The Morgan fingerprint density at radius 1 is 1.00 bits per heavy atom. The van der Waals surface area contributed by atoms with Gasteiger partial charge in [-0.1, -0.05) is 12.1 Å². The van der Waals surface area contributed by atoms with E-state index in [1.165, 1.54) is 26.2 Å². The van der Waals surface area contributed by atoms with Crippen LogP contribution in [0.25, 0.3) is 0 Å². The number of anilines is 1. The van der Waals surface area contributed by atoms with Crippen LogP contribution in [0.2, 0.25) is 0 Å². The van der Waals surface area contributed by atoms with Crippen LogP contribution in [0.1, 0.15) is 18.9 Å². The number of hydrogen-bond acceptors (Lipinski definition) is 6. The molecule has 0 aliphatic carbocycles. The first kappa shape index (κ1) is 22.9. The van der Waals surface area contributed by atoms with Crippen LogP contribution in [-0.2, 0) is 16.1 Å². The van der Waals surface area contributed by atoms with E-state index in [2.05, 4.69) is 5.32 Å². The van der Waals surface area contributed by atoms with E-state index in [0.717, 1.165) is 10.5 Å². The second-order valence-electron chi connectivity index (χ2n) is 7.15. The van der Waals surface area contributed by atoms with Crippen LogP contribution < -0.4 is 24.4 Å². The van der Waals surface area contributed by atoms with Gasteiger partial charge in [0.2, 0.25) is 5.91 Å². The predicted octanol–water partition coefficient (Wildman–Crippen LogP) is 2.58. The van der Waals surface area contributed by atoms with E-state index in [1.54, 1.807) is 49.4 Å². The maximum atomic E-state index is 13.4. The fraction of sp³-hybridized carbons (Fsp3) is 0.348. The third-order valence-corrected chi connectivity index (χ3v) is 5.18. The number of carbonyl (C=O) groups is 3. The number of methoxy groups -OCH3 is 3. The number of hydrogen-bond donors (Lipinski definition) is 1. The highest BCUT2D eigenvalue weighted by Crippen LogP contribution is 2.32. The average Bonchev–Trinajstić information content (AvgIpc) is 3.02. The molecule has 0 aromatic heterocycles. The summed E-state index contributed by atoms with van der Waals surface area (Å²) in [4.78, 5) is 41.4. The minimum absolute atomic E-state index is 0.121. The van der Waals surface area contributed by atoms with E-state index in [0.29, 0.717) is 29.5 Å². The molecule has 1 aliphatic rings. The van der Waals surface area contributed by atoms with Crippen LogP contribution in [0.15, 0.2) is 42.5 Å². The summed E-state index contributed by atoms with van der Waals surface area (Å²) in [5, 5.41) is 2.69. The maximum Gasteiger partial charge on any atom is 0.332 e. The van der Waals surface area contributed by atoms with Crippen molar-refractivity contribution in [2.75, 3.05) is 32.8 Å². The lowest BCUT2D eigenvalue weighted by Crippen LogP contribution is -2.39. The van der Waals surface area contributed by atoms with Gasteiger partial charge in [0.05, 0.1) is 33.4 Å². The molecule has 32 heavy (non-hydrogen) atoms. The van der Waals surface area contributed by atoms with Gasteiger partial charge in [-0.15, -0.1) is 0 Å². The molecule has 1 fully saturated rings. The average molecular weight is 441 g/mol. The molecule has 1 saturated heterocycles. The van der Waals surface area contributed by atoms with Gasteiger partial charge >= 0.3 is 6.03 Å². The monoisotopic (exact) mass is 441 g/mol. The molecule has 1 heterocycles. The summed E-state index contributed by atoms with van der Waals surface area (Å²) in [5.74, 6) is 0.810. The molecule has 0 saturated carbocycles. The van der Waals surface area contributed by atoms with Crippen LogP contribution in [0.5, 0.6) is 17.2 Å². The van der Waals surface area contributed by atoms with Crippen molar-refractivity contribution in [2.45, 2.75) is 25.9 Å². The highest BCUT2D eigenvalue weighted by atomic mass is 16.5. The van der Waals surface area contributed by atoms with Gasteiger partial charge in [0.1, 0.15) is 11.8 Å². The number of imide groups is 1. The Morgan fingerprint density at radius 3 is 2.41 bits per heavy atom. The number of amides is 4. The number of ether oxygens (including phenoxy) is 3. The van der Waals surface area contributed by atoms with Gasteiger partial charge in [0, 0.05) is 19.2 Å². The minimum Gasteiger partial charge on any atom is -0.497 e. The molecule has 0 unspecified atom stereocenters. The largest absolute Gasteiger partial charge is 0.497 e. The standard InChI is InChI=1S/C23H27N3O6/c1-5-24-21(27)13-18-22(28)26(16-7-6-8-17(12-16)30-2)23(29)25(18)14-15-9-10-19(31-3)20(11-15)32-4/h6-12,18H,5,13-14H2,1-4H3,(H,24,27)/t18-/m0/s1. The van der Waals surface area contributed by atoms with E-state index in [9.17, 15) is 14.4 Å².